The molecule has 0 bridgehead atoms. The minimum Gasteiger partial charge on any atom is -0.399 e. The summed E-state index contributed by atoms with van der Waals surface area (Å²) in [6, 6.07) is 4.76. The molecular formula is C11H11F3N2O3S2. The van der Waals surface area contributed by atoms with Gasteiger partial charge >= 0.3 is 6.18 Å². The third kappa shape index (κ3) is 4.29. The van der Waals surface area contributed by atoms with Crippen LogP contribution in [-0.2, 0) is 14.6 Å². The lowest BCUT2D eigenvalue weighted by molar-refractivity contribution is -0.172. The Morgan fingerprint density at radius 1 is 1.33 bits per heavy atom. The van der Waals surface area contributed by atoms with Gasteiger partial charge in [-0.1, -0.05) is 0 Å². The molecule has 1 heterocycles. The van der Waals surface area contributed by atoms with E-state index in [4.69, 9.17) is 5.73 Å². The Morgan fingerprint density at radius 3 is 2.71 bits per heavy atom. The van der Waals surface area contributed by atoms with Gasteiger partial charge in [0.1, 0.15) is 6.61 Å². The number of alkyl halides is 3. The van der Waals surface area contributed by atoms with Crippen LogP contribution in [0.5, 0.6) is 0 Å². The molecule has 5 nitrogen and oxygen atoms in total. The zero-order valence-corrected chi connectivity index (χ0v) is 12.2. The molecule has 2 rings (SSSR count). The second kappa shape index (κ2) is 5.78. The van der Waals surface area contributed by atoms with Crippen molar-refractivity contribution >= 4 is 37.1 Å². The highest BCUT2D eigenvalue weighted by Gasteiger charge is 2.28. The number of halogens is 3. The highest BCUT2D eigenvalue weighted by Crippen LogP contribution is 2.27. The Kier molecular flexibility index (Phi) is 4.40. The zero-order valence-electron chi connectivity index (χ0n) is 10.6. The normalized spacial score (nSPS) is 12.9. The van der Waals surface area contributed by atoms with Crippen molar-refractivity contribution in [3.63, 3.8) is 0 Å². The average molecular weight is 340 g/mol. The quantitative estimate of drug-likeness (QED) is 0.667. The molecule has 0 amide bonds. The summed E-state index contributed by atoms with van der Waals surface area (Å²) in [7, 11) is -3.78. The van der Waals surface area contributed by atoms with E-state index in [0.717, 1.165) is 11.3 Å². The van der Waals surface area contributed by atoms with E-state index in [0.29, 0.717) is 15.9 Å². The van der Waals surface area contributed by atoms with Crippen LogP contribution in [0, 0.1) is 0 Å². The van der Waals surface area contributed by atoms with Gasteiger partial charge in [0.25, 0.3) is 0 Å². The topological polar surface area (TPSA) is 82.3 Å². The van der Waals surface area contributed by atoms with Crippen molar-refractivity contribution in [2.24, 2.45) is 0 Å². The maximum atomic E-state index is 12.0. The highest BCUT2D eigenvalue weighted by atomic mass is 32.2. The number of nitrogens with zero attached hydrogens (tertiary/aromatic N) is 1. The van der Waals surface area contributed by atoms with E-state index in [1.165, 1.54) is 0 Å². The van der Waals surface area contributed by atoms with Crippen molar-refractivity contribution in [3.05, 3.63) is 18.2 Å². The van der Waals surface area contributed by atoms with Crippen LogP contribution in [0.15, 0.2) is 22.5 Å². The number of rotatable bonds is 5. The maximum Gasteiger partial charge on any atom is 0.411 e. The van der Waals surface area contributed by atoms with Gasteiger partial charge in [0.15, 0.2) is 0 Å². The summed E-state index contributed by atoms with van der Waals surface area (Å²) in [5.74, 6) is -0.557. The van der Waals surface area contributed by atoms with Crippen molar-refractivity contribution in [1.82, 2.24) is 4.98 Å². The number of nitrogen functional groups attached to an aromatic ring is 1. The van der Waals surface area contributed by atoms with Crippen molar-refractivity contribution in [2.45, 2.75) is 10.5 Å². The number of ether oxygens (including phenoxy) is 1. The van der Waals surface area contributed by atoms with Gasteiger partial charge in [-0.3, -0.25) is 0 Å². The van der Waals surface area contributed by atoms with E-state index in [-0.39, 0.29) is 4.34 Å². The highest BCUT2D eigenvalue weighted by molar-refractivity contribution is 7.93. The number of sulfone groups is 1. The number of anilines is 1. The molecule has 0 spiro atoms. The lowest BCUT2D eigenvalue weighted by Gasteiger charge is -2.06. The van der Waals surface area contributed by atoms with Gasteiger partial charge in [-0.15, -0.1) is 11.3 Å². The largest absolute Gasteiger partial charge is 0.411 e. The molecule has 2 aromatic rings. The third-order valence-electron chi connectivity index (χ3n) is 2.42. The molecule has 10 heteroatoms. The smallest absolute Gasteiger partial charge is 0.399 e. The van der Waals surface area contributed by atoms with E-state index >= 15 is 0 Å². The van der Waals surface area contributed by atoms with Crippen molar-refractivity contribution in [2.75, 3.05) is 24.7 Å². The summed E-state index contributed by atoms with van der Waals surface area (Å²) in [6.45, 7) is -2.02. The standard InChI is InChI=1S/C11H11F3N2O3S2/c12-11(13,14)6-19-3-4-21(17,18)10-16-8-2-1-7(15)5-9(8)20-10/h1-2,5H,3-4,6,15H2. The van der Waals surface area contributed by atoms with Crippen LogP contribution < -0.4 is 5.73 Å². The Bertz CT molecular complexity index is 741. The fourth-order valence-electron chi connectivity index (χ4n) is 1.50. The first-order valence-electron chi connectivity index (χ1n) is 5.71. The maximum absolute atomic E-state index is 12.0. The number of fused-ring (bicyclic) bond motifs is 1. The number of aromatic nitrogens is 1. The predicted molar refractivity (Wildman–Crippen MR) is 73.0 cm³/mol. The lowest BCUT2D eigenvalue weighted by atomic mass is 10.3. The zero-order chi connectivity index (χ0) is 15.7. The second-order valence-corrected chi connectivity index (χ2v) is 7.51. The molecule has 0 fully saturated rings. The molecule has 0 aliphatic heterocycles. The monoisotopic (exact) mass is 340 g/mol. The van der Waals surface area contributed by atoms with Gasteiger partial charge in [-0.2, -0.15) is 13.2 Å². The van der Waals surface area contributed by atoms with Crippen molar-refractivity contribution < 1.29 is 26.3 Å². The van der Waals surface area contributed by atoms with Crippen LogP contribution in [0.3, 0.4) is 0 Å². The molecule has 0 aliphatic rings. The summed E-state index contributed by atoms with van der Waals surface area (Å²) in [5, 5.41) is 0. The van der Waals surface area contributed by atoms with Gasteiger partial charge in [0.2, 0.25) is 14.2 Å². The van der Waals surface area contributed by atoms with E-state index < -0.39 is 35.0 Å². The first-order chi connectivity index (χ1) is 9.67. The molecular weight excluding hydrogens is 329 g/mol. The molecule has 0 saturated carbocycles. The number of hydrogen-bond donors (Lipinski definition) is 1. The lowest BCUT2D eigenvalue weighted by Crippen LogP contribution is -2.20. The van der Waals surface area contributed by atoms with Gasteiger partial charge in [-0.25, -0.2) is 13.4 Å². The van der Waals surface area contributed by atoms with Crippen LogP contribution >= 0.6 is 11.3 Å². The SMILES string of the molecule is Nc1ccc2nc(S(=O)(=O)CCOCC(F)(F)F)sc2c1. The van der Waals surface area contributed by atoms with E-state index in [1.807, 2.05) is 0 Å². The molecule has 0 saturated heterocycles. The van der Waals surface area contributed by atoms with E-state index in [2.05, 4.69) is 9.72 Å². The van der Waals surface area contributed by atoms with Crippen molar-refractivity contribution in [3.8, 4) is 0 Å². The Balaban J connectivity index is 2.07. The molecule has 2 N–H and O–H groups in total. The molecule has 0 atom stereocenters. The predicted octanol–water partition coefficient (Wildman–Crippen LogP) is 2.23. The molecule has 1 aromatic heterocycles. The van der Waals surface area contributed by atoms with Crippen LogP contribution in [0.1, 0.15) is 0 Å². The number of nitrogens with two attached hydrogens (primary N) is 1. The Hall–Kier alpha value is -1.39. The van der Waals surface area contributed by atoms with E-state index in [1.54, 1.807) is 18.2 Å². The first-order valence-corrected chi connectivity index (χ1v) is 8.17. The summed E-state index contributed by atoms with van der Waals surface area (Å²) < 4.78 is 64.3. The van der Waals surface area contributed by atoms with Crippen LogP contribution in [0.25, 0.3) is 10.2 Å². The Morgan fingerprint density at radius 2 is 2.05 bits per heavy atom. The van der Waals surface area contributed by atoms with Crippen LogP contribution in [0.2, 0.25) is 0 Å². The van der Waals surface area contributed by atoms with Crippen LogP contribution in [0.4, 0.5) is 18.9 Å². The molecule has 0 unspecified atom stereocenters. The summed E-state index contributed by atoms with van der Waals surface area (Å²) in [6.07, 6.45) is -4.48. The molecule has 21 heavy (non-hydrogen) atoms. The number of benzene rings is 1. The molecule has 0 aliphatic carbocycles. The minimum absolute atomic E-state index is 0.154. The first kappa shape index (κ1) is 16.0. The number of hydrogen-bond acceptors (Lipinski definition) is 6. The Labute approximate surface area is 122 Å². The van der Waals surface area contributed by atoms with Crippen molar-refractivity contribution in [1.29, 1.82) is 0 Å². The fourth-order valence-corrected chi connectivity index (χ4v) is 4.02. The van der Waals surface area contributed by atoms with Crippen LogP contribution in [-0.4, -0.2) is 38.5 Å². The minimum atomic E-state index is -4.48. The second-order valence-electron chi connectivity index (χ2n) is 4.19. The summed E-state index contributed by atoms with van der Waals surface area (Å²) in [4.78, 5) is 3.95. The summed E-state index contributed by atoms with van der Waals surface area (Å²) >= 11 is 0.925. The molecule has 0 radical (unpaired) electrons. The molecule has 1 aromatic carbocycles. The van der Waals surface area contributed by atoms with Gasteiger partial charge in [-0.05, 0) is 18.2 Å². The average Bonchev–Trinajstić information content (AvgIpc) is 2.77. The fraction of sp³-hybridized carbons (Fsp3) is 0.364. The summed E-state index contributed by atoms with van der Waals surface area (Å²) in [5.41, 5.74) is 6.54. The third-order valence-corrected chi connectivity index (χ3v) is 5.57. The molecule has 116 valence electrons. The van der Waals surface area contributed by atoms with Gasteiger partial charge < -0.3 is 10.5 Å². The van der Waals surface area contributed by atoms with Gasteiger partial charge in [0, 0.05) is 5.69 Å². The van der Waals surface area contributed by atoms with E-state index in [9.17, 15) is 21.6 Å². The van der Waals surface area contributed by atoms with Gasteiger partial charge in [0.05, 0.1) is 22.6 Å². The number of thiazole rings is 1.